The van der Waals surface area contributed by atoms with E-state index in [2.05, 4.69) is 33.4 Å². The number of nitrogens with one attached hydrogen (secondary N) is 1. The van der Waals surface area contributed by atoms with Gasteiger partial charge >= 0.3 is 0 Å². The van der Waals surface area contributed by atoms with Gasteiger partial charge in [-0.05, 0) is 59.2 Å². The summed E-state index contributed by atoms with van der Waals surface area (Å²) in [5, 5.41) is 8.64. The summed E-state index contributed by atoms with van der Waals surface area (Å²) in [5.74, 6) is 1.57. The predicted octanol–water partition coefficient (Wildman–Crippen LogP) is 4.52. The van der Waals surface area contributed by atoms with Crippen LogP contribution in [0.2, 0.25) is 0 Å². The summed E-state index contributed by atoms with van der Waals surface area (Å²) in [5.41, 5.74) is 5.21. The standard InChI is InChI=1S/C21H15N3O2/c1(14-2-6-20-21(11-14)26-13-25-20)5-18-17-4-3-16(12-19(17)24-23-18)15-7-9-22-10-8-15/h1-12H,13H2,(H,23,24)/b5-1+. The topological polar surface area (TPSA) is 60.0 Å². The molecule has 5 heteroatoms. The van der Waals surface area contributed by atoms with Crippen molar-refractivity contribution in [1.82, 2.24) is 15.2 Å². The van der Waals surface area contributed by atoms with Crippen LogP contribution in [0.3, 0.4) is 0 Å². The van der Waals surface area contributed by atoms with Gasteiger partial charge in [-0.3, -0.25) is 10.1 Å². The van der Waals surface area contributed by atoms with Gasteiger partial charge in [0.15, 0.2) is 11.5 Å². The Bertz CT molecular complexity index is 1120. The van der Waals surface area contributed by atoms with Crippen LogP contribution in [0.25, 0.3) is 34.2 Å². The van der Waals surface area contributed by atoms with Crippen molar-refractivity contribution in [3.8, 4) is 22.6 Å². The average molecular weight is 341 g/mol. The molecule has 0 radical (unpaired) electrons. The van der Waals surface area contributed by atoms with E-state index in [9.17, 15) is 0 Å². The zero-order valence-corrected chi connectivity index (χ0v) is 13.8. The molecular weight excluding hydrogens is 326 g/mol. The lowest BCUT2D eigenvalue weighted by Crippen LogP contribution is -1.92. The van der Waals surface area contributed by atoms with Crippen LogP contribution in [0.15, 0.2) is 60.9 Å². The summed E-state index contributed by atoms with van der Waals surface area (Å²) >= 11 is 0. The minimum atomic E-state index is 0.284. The van der Waals surface area contributed by atoms with Crippen LogP contribution >= 0.6 is 0 Å². The van der Waals surface area contributed by atoms with E-state index in [1.807, 2.05) is 42.5 Å². The second-order valence-corrected chi connectivity index (χ2v) is 6.05. The van der Waals surface area contributed by atoms with Crippen LogP contribution in [0, 0.1) is 0 Å². The largest absolute Gasteiger partial charge is 0.454 e. The molecule has 0 aliphatic carbocycles. The molecule has 0 saturated heterocycles. The quantitative estimate of drug-likeness (QED) is 0.595. The second kappa shape index (κ2) is 6.04. The number of H-pyrrole nitrogens is 1. The van der Waals surface area contributed by atoms with Gasteiger partial charge in [-0.25, -0.2) is 0 Å². The van der Waals surface area contributed by atoms with Crippen molar-refractivity contribution in [2.45, 2.75) is 0 Å². The van der Waals surface area contributed by atoms with Crippen molar-refractivity contribution in [3.05, 3.63) is 72.2 Å². The maximum atomic E-state index is 5.42. The molecule has 1 aliphatic heterocycles. The van der Waals surface area contributed by atoms with Crippen LogP contribution in [-0.4, -0.2) is 22.0 Å². The van der Waals surface area contributed by atoms with E-state index in [0.717, 1.165) is 44.8 Å². The van der Waals surface area contributed by atoms with Gasteiger partial charge in [0.05, 0.1) is 11.2 Å². The molecule has 5 nitrogen and oxygen atoms in total. The van der Waals surface area contributed by atoms with Crippen LogP contribution in [0.1, 0.15) is 11.3 Å². The normalized spacial score (nSPS) is 12.9. The van der Waals surface area contributed by atoms with E-state index in [4.69, 9.17) is 9.47 Å². The molecule has 2 aromatic heterocycles. The first-order valence-electron chi connectivity index (χ1n) is 8.33. The Hall–Kier alpha value is -3.60. The minimum Gasteiger partial charge on any atom is -0.454 e. The first kappa shape index (κ1) is 14.7. The molecule has 0 spiro atoms. The van der Waals surface area contributed by atoms with Crippen LogP contribution < -0.4 is 9.47 Å². The molecular formula is C21H15N3O2. The van der Waals surface area contributed by atoms with Gasteiger partial charge in [0.1, 0.15) is 0 Å². The highest BCUT2D eigenvalue weighted by Crippen LogP contribution is 2.33. The number of hydrogen-bond donors (Lipinski definition) is 1. The lowest BCUT2D eigenvalue weighted by Gasteiger charge is -2.01. The molecule has 2 aromatic carbocycles. The molecule has 0 bridgehead atoms. The van der Waals surface area contributed by atoms with Crippen molar-refractivity contribution in [1.29, 1.82) is 0 Å². The second-order valence-electron chi connectivity index (χ2n) is 6.05. The summed E-state index contributed by atoms with van der Waals surface area (Å²) < 4.78 is 10.8. The molecule has 0 fully saturated rings. The summed E-state index contributed by atoms with van der Waals surface area (Å²) in [6.07, 6.45) is 7.62. The van der Waals surface area contributed by atoms with Crippen molar-refractivity contribution < 1.29 is 9.47 Å². The number of ether oxygens (including phenoxy) is 2. The molecule has 4 aromatic rings. The fourth-order valence-corrected chi connectivity index (χ4v) is 3.08. The average Bonchev–Trinajstić information content (AvgIpc) is 3.33. The summed E-state index contributed by atoms with van der Waals surface area (Å²) in [6, 6.07) is 16.2. The zero-order valence-electron chi connectivity index (χ0n) is 13.8. The number of hydrogen-bond acceptors (Lipinski definition) is 4. The molecule has 1 N–H and O–H groups in total. The monoisotopic (exact) mass is 341 g/mol. The van der Waals surface area contributed by atoms with E-state index in [1.165, 1.54) is 0 Å². The maximum Gasteiger partial charge on any atom is 0.231 e. The van der Waals surface area contributed by atoms with Gasteiger partial charge in [0.25, 0.3) is 0 Å². The van der Waals surface area contributed by atoms with Crippen LogP contribution in [-0.2, 0) is 0 Å². The van der Waals surface area contributed by atoms with Crippen LogP contribution in [0.5, 0.6) is 11.5 Å². The van der Waals surface area contributed by atoms with Gasteiger partial charge < -0.3 is 9.47 Å². The maximum absolute atomic E-state index is 5.42. The smallest absolute Gasteiger partial charge is 0.231 e. The summed E-state index contributed by atoms with van der Waals surface area (Å²) in [7, 11) is 0. The number of nitrogens with zero attached hydrogens (tertiary/aromatic N) is 2. The Kier molecular flexibility index (Phi) is 3.42. The highest BCUT2D eigenvalue weighted by Gasteiger charge is 2.12. The lowest BCUT2D eigenvalue weighted by atomic mass is 10.0. The number of fused-ring (bicyclic) bond motifs is 2. The van der Waals surface area contributed by atoms with Crippen molar-refractivity contribution in [2.75, 3.05) is 6.79 Å². The molecule has 0 amide bonds. The summed E-state index contributed by atoms with van der Waals surface area (Å²) in [4.78, 5) is 4.07. The number of benzene rings is 2. The number of aromatic amines is 1. The Morgan fingerprint density at radius 3 is 2.65 bits per heavy atom. The molecule has 3 heterocycles. The van der Waals surface area contributed by atoms with Gasteiger partial charge in [0, 0.05) is 17.8 Å². The molecule has 5 rings (SSSR count). The Morgan fingerprint density at radius 2 is 1.73 bits per heavy atom. The highest BCUT2D eigenvalue weighted by molar-refractivity contribution is 5.92. The molecule has 26 heavy (non-hydrogen) atoms. The number of pyridine rings is 1. The zero-order chi connectivity index (χ0) is 17.3. The van der Waals surface area contributed by atoms with E-state index in [-0.39, 0.29) is 6.79 Å². The first-order chi connectivity index (χ1) is 12.9. The molecule has 1 aliphatic rings. The van der Waals surface area contributed by atoms with Crippen molar-refractivity contribution in [3.63, 3.8) is 0 Å². The Morgan fingerprint density at radius 1 is 0.846 bits per heavy atom. The van der Waals surface area contributed by atoms with E-state index in [1.54, 1.807) is 12.4 Å². The van der Waals surface area contributed by atoms with E-state index < -0.39 is 0 Å². The first-order valence-corrected chi connectivity index (χ1v) is 8.33. The Balaban J connectivity index is 1.46. The third-order valence-corrected chi connectivity index (χ3v) is 4.44. The van der Waals surface area contributed by atoms with Gasteiger partial charge in [0.2, 0.25) is 6.79 Å². The highest BCUT2D eigenvalue weighted by atomic mass is 16.7. The fraction of sp³-hybridized carbons (Fsp3) is 0.0476. The van der Waals surface area contributed by atoms with Gasteiger partial charge in [-0.1, -0.05) is 18.2 Å². The van der Waals surface area contributed by atoms with Gasteiger partial charge in [-0.2, -0.15) is 5.10 Å². The van der Waals surface area contributed by atoms with Crippen LogP contribution in [0.4, 0.5) is 0 Å². The molecule has 0 unspecified atom stereocenters. The van der Waals surface area contributed by atoms with E-state index in [0.29, 0.717) is 0 Å². The Labute approximate surface area is 149 Å². The SMILES string of the molecule is C(=C\c1n[nH]c2cc(-c3ccncc3)ccc12)/c1ccc2c(c1)OCO2. The molecule has 126 valence electrons. The van der Waals surface area contributed by atoms with Crippen molar-refractivity contribution in [2.24, 2.45) is 0 Å². The summed E-state index contributed by atoms with van der Waals surface area (Å²) in [6.45, 7) is 0.284. The fourth-order valence-electron chi connectivity index (χ4n) is 3.08. The predicted molar refractivity (Wildman–Crippen MR) is 101 cm³/mol. The third-order valence-electron chi connectivity index (χ3n) is 4.44. The van der Waals surface area contributed by atoms with E-state index >= 15 is 0 Å². The molecule has 0 atom stereocenters. The molecule has 0 saturated carbocycles. The van der Waals surface area contributed by atoms with Crippen molar-refractivity contribution >= 4 is 23.1 Å². The third kappa shape index (κ3) is 2.59. The minimum absolute atomic E-state index is 0.284. The van der Waals surface area contributed by atoms with Gasteiger partial charge in [-0.15, -0.1) is 0 Å². The number of aromatic nitrogens is 3. The number of rotatable bonds is 3. The lowest BCUT2D eigenvalue weighted by molar-refractivity contribution is 0.174.